The Morgan fingerprint density at radius 2 is 1.60 bits per heavy atom. The molecule has 0 bridgehead atoms. The quantitative estimate of drug-likeness (QED) is 0.600. The van der Waals surface area contributed by atoms with Crippen molar-refractivity contribution < 1.29 is 4.79 Å². The predicted molar refractivity (Wildman–Crippen MR) is 79.6 cm³/mol. The lowest BCUT2D eigenvalue weighted by atomic mass is 9.93. The number of hydrogen-bond acceptors (Lipinski definition) is 2. The van der Waals surface area contributed by atoms with Crippen molar-refractivity contribution in [2.75, 3.05) is 20.1 Å². The number of guanidine groups is 1. The molecule has 5 nitrogen and oxygen atoms in total. The SMILES string of the molecule is CN=C(NC1CCC1)NC1CCN(C(=O)C2CC2)CC1. The van der Waals surface area contributed by atoms with E-state index in [4.69, 9.17) is 0 Å². The maximum absolute atomic E-state index is 12.0. The monoisotopic (exact) mass is 278 g/mol. The molecule has 0 unspecified atom stereocenters. The van der Waals surface area contributed by atoms with Gasteiger partial charge in [-0.05, 0) is 44.9 Å². The molecule has 3 rings (SSSR count). The minimum atomic E-state index is 0.354. The van der Waals surface area contributed by atoms with Crippen molar-refractivity contribution in [1.29, 1.82) is 0 Å². The lowest BCUT2D eigenvalue weighted by Gasteiger charge is -2.35. The molecule has 2 N–H and O–H groups in total. The van der Waals surface area contributed by atoms with E-state index in [2.05, 4.69) is 20.5 Å². The predicted octanol–water partition coefficient (Wildman–Crippen LogP) is 1.10. The minimum absolute atomic E-state index is 0.354. The average molecular weight is 278 g/mol. The van der Waals surface area contributed by atoms with Gasteiger partial charge in [0.25, 0.3) is 0 Å². The molecule has 112 valence electrons. The number of piperidine rings is 1. The van der Waals surface area contributed by atoms with Crippen molar-refractivity contribution in [3.63, 3.8) is 0 Å². The van der Waals surface area contributed by atoms with Gasteiger partial charge in [0, 0.05) is 38.1 Å². The second-order valence-electron chi connectivity index (χ2n) is 6.36. The molecule has 2 aliphatic carbocycles. The minimum Gasteiger partial charge on any atom is -0.354 e. The van der Waals surface area contributed by atoms with Gasteiger partial charge in [0.2, 0.25) is 5.91 Å². The third-order valence-corrected chi connectivity index (χ3v) is 4.74. The maximum Gasteiger partial charge on any atom is 0.225 e. The van der Waals surface area contributed by atoms with Crippen molar-refractivity contribution in [3.05, 3.63) is 0 Å². The van der Waals surface area contributed by atoms with Gasteiger partial charge in [-0.25, -0.2) is 0 Å². The highest BCUT2D eigenvalue weighted by molar-refractivity contribution is 5.81. The molecule has 0 spiro atoms. The number of likely N-dealkylation sites (tertiary alicyclic amines) is 1. The lowest BCUT2D eigenvalue weighted by molar-refractivity contribution is -0.133. The maximum atomic E-state index is 12.0. The van der Waals surface area contributed by atoms with E-state index in [0.29, 0.717) is 23.9 Å². The van der Waals surface area contributed by atoms with Gasteiger partial charge in [0.1, 0.15) is 0 Å². The average Bonchev–Trinajstić information content (AvgIpc) is 3.26. The van der Waals surface area contributed by atoms with Crippen LogP contribution in [0.2, 0.25) is 0 Å². The van der Waals surface area contributed by atoms with E-state index in [0.717, 1.165) is 44.7 Å². The Hall–Kier alpha value is -1.26. The van der Waals surface area contributed by atoms with Gasteiger partial charge >= 0.3 is 0 Å². The Morgan fingerprint density at radius 3 is 2.05 bits per heavy atom. The second-order valence-corrected chi connectivity index (χ2v) is 6.36. The summed E-state index contributed by atoms with van der Waals surface area (Å²) in [6, 6.07) is 1.06. The Morgan fingerprint density at radius 1 is 1.00 bits per heavy atom. The van der Waals surface area contributed by atoms with Crippen LogP contribution in [0, 0.1) is 5.92 Å². The zero-order valence-electron chi connectivity index (χ0n) is 12.4. The summed E-state index contributed by atoms with van der Waals surface area (Å²) in [6.45, 7) is 1.79. The molecule has 3 aliphatic rings. The zero-order chi connectivity index (χ0) is 13.9. The zero-order valence-corrected chi connectivity index (χ0v) is 12.4. The smallest absolute Gasteiger partial charge is 0.225 e. The third kappa shape index (κ3) is 3.25. The molecule has 1 amide bonds. The molecule has 0 aromatic heterocycles. The van der Waals surface area contributed by atoms with Gasteiger partial charge in [-0.1, -0.05) is 0 Å². The van der Waals surface area contributed by atoms with Crippen LogP contribution in [-0.4, -0.2) is 49.0 Å². The Balaban J connectivity index is 1.41. The molecule has 0 aromatic rings. The van der Waals surface area contributed by atoms with Crippen LogP contribution in [-0.2, 0) is 4.79 Å². The molecule has 5 heteroatoms. The number of nitrogens with one attached hydrogen (secondary N) is 2. The first-order chi connectivity index (χ1) is 9.76. The van der Waals surface area contributed by atoms with E-state index in [-0.39, 0.29) is 0 Å². The summed E-state index contributed by atoms with van der Waals surface area (Å²) in [5, 5.41) is 6.98. The summed E-state index contributed by atoms with van der Waals surface area (Å²) < 4.78 is 0. The third-order valence-electron chi connectivity index (χ3n) is 4.74. The van der Waals surface area contributed by atoms with Crippen LogP contribution in [0.3, 0.4) is 0 Å². The molecule has 0 radical (unpaired) electrons. The van der Waals surface area contributed by atoms with Gasteiger partial charge in [-0.15, -0.1) is 0 Å². The van der Waals surface area contributed by atoms with Crippen LogP contribution >= 0.6 is 0 Å². The fourth-order valence-electron chi connectivity index (χ4n) is 2.94. The van der Waals surface area contributed by atoms with Crippen molar-refractivity contribution in [2.45, 2.75) is 57.0 Å². The van der Waals surface area contributed by atoms with Crippen LogP contribution in [0.1, 0.15) is 44.9 Å². The van der Waals surface area contributed by atoms with Crippen LogP contribution in [0.4, 0.5) is 0 Å². The van der Waals surface area contributed by atoms with Crippen LogP contribution < -0.4 is 10.6 Å². The van der Waals surface area contributed by atoms with Crippen molar-refractivity contribution in [3.8, 4) is 0 Å². The van der Waals surface area contributed by atoms with Gasteiger partial charge < -0.3 is 15.5 Å². The Bertz CT molecular complexity index is 379. The summed E-state index contributed by atoms with van der Waals surface area (Å²) in [7, 11) is 1.83. The number of aliphatic imine (C=N–C) groups is 1. The molecule has 1 saturated heterocycles. The number of nitrogens with zero attached hydrogens (tertiary/aromatic N) is 2. The molecule has 2 saturated carbocycles. The summed E-state index contributed by atoms with van der Waals surface area (Å²) in [5.74, 6) is 1.68. The molecular formula is C15H26N4O. The number of carbonyl (C=O) groups excluding carboxylic acids is 1. The van der Waals surface area contributed by atoms with E-state index in [1.54, 1.807) is 0 Å². The van der Waals surface area contributed by atoms with Gasteiger partial charge in [-0.3, -0.25) is 9.79 Å². The van der Waals surface area contributed by atoms with Gasteiger partial charge in [0.15, 0.2) is 5.96 Å². The second kappa shape index (κ2) is 6.02. The highest BCUT2D eigenvalue weighted by Crippen LogP contribution is 2.31. The largest absolute Gasteiger partial charge is 0.354 e. The molecule has 1 aliphatic heterocycles. The van der Waals surface area contributed by atoms with E-state index in [9.17, 15) is 4.79 Å². The van der Waals surface area contributed by atoms with Crippen molar-refractivity contribution in [2.24, 2.45) is 10.9 Å². The molecule has 1 heterocycles. The normalized spacial score (nSPS) is 25.2. The highest BCUT2D eigenvalue weighted by atomic mass is 16.2. The number of amides is 1. The van der Waals surface area contributed by atoms with Crippen LogP contribution in [0.5, 0.6) is 0 Å². The Kier molecular flexibility index (Phi) is 4.13. The van der Waals surface area contributed by atoms with Crippen LogP contribution in [0.15, 0.2) is 4.99 Å². The molecule has 0 atom stereocenters. The molecular weight excluding hydrogens is 252 g/mol. The molecule has 3 fully saturated rings. The van der Waals surface area contributed by atoms with E-state index in [1.807, 2.05) is 7.05 Å². The lowest BCUT2D eigenvalue weighted by Crippen LogP contribution is -2.52. The first kappa shape index (κ1) is 13.7. The van der Waals surface area contributed by atoms with Gasteiger partial charge in [-0.2, -0.15) is 0 Å². The summed E-state index contributed by atoms with van der Waals surface area (Å²) in [6.07, 6.45) is 8.12. The number of hydrogen-bond donors (Lipinski definition) is 2. The standard InChI is InChI=1S/C15H26N4O/c1-16-15(17-12-3-2-4-12)18-13-7-9-19(10-8-13)14(20)11-5-6-11/h11-13H,2-10H2,1H3,(H2,16,17,18). The number of rotatable bonds is 3. The number of carbonyl (C=O) groups is 1. The van der Waals surface area contributed by atoms with Crippen molar-refractivity contribution in [1.82, 2.24) is 15.5 Å². The van der Waals surface area contributed by atoms with Gasteiger partial charge in [0.05, 0.1) is 0 Å². The van der Waals surface area contributed by atoms with E-state index < -0.39 is 0 Å². The summed E-state index contributed by atoms with van der Waals surface area (Å²) in [5.41, 5.74) is 0. The summed E-state index contributed by atoms with van der Waals surface area (Å²) >= 11 is 0. The van der Waals surface area contributed by atoms with E-state index >= 15 is 0 Å². The van der Waals surface area contributed by atoms with E-state index in [1.165, 1.54) is 19.3 Å². The molecule has 0 aromatic carbocycles. The Labute approximate surface area is 121 Å². The first-order valence-electron chi connectivity index (χ1n) is 8.05. The topological polar surface area (TPSA) is 56.7 Å². The van der Waals surface area contributed by atoms with Crippen LogP contribution in [0.25, 0.3) is 0 Å². The van der Waals surface area contributed by atoms with Crippen molar-refractivity contribution >= 4 is 11.9 Å². The highest BCUT2D eigenvalue weighted by Gasteiger charge is 2.35. The fourth-order valence-corrected chi connectivity index (χ4v) is 2.94. The molecule has 20 heavy (non-hydrogen) atoms. The first-order valence-corrected chi connectivity index (χ1v) is 8.05. The fraction of sp³-hybridized carbons (Fsp3) is 0.867. The summed E-state index contributed by atoms with van der Waals surface area (Å²) in [4.78, 5) is 18.4.